The Hall–Kier alpha value is -1.20. The van der Waals surface area contributed by atoms with Crippen molar-refractivity contribution in [2.24, 2.45) is 5.73 Å². The predicted molar refractivity (Wildman–Crippen MR) is 78.4 cm³/mol. The number of hydrogen-bond acceptors (Lipinski definition) is 3. The van der Waals surface area contributed by atoms with Gasteiger partial charge in [0.15, 0.2) is 5.82 Å². The molecule has 2 heterocycles. The highest BCUT2D eigenvalue weighted by molar-refractivity contribution is 9.10. The zero-order valence-electron chi connectivity index (χ0n) is 11.2. The molecule has 2 aromatic rings. The van der Waals surface area contributed by atoms with Crippen molar-refractivity contribution < 1.29 is 0 Å². The molecule has 1 aliphatic rings. The number of aromatic nitrogens is 3. The molecule has 2 N–H and O–H groups in total. The van der Waals surface area contributed by atoms with Gasteiger partial charge in [0, 0.05) is 17.8 Å². The number of nitrogens with two attached hydrogens (primary N) is 1. The molecule has 4 nitrogen and oxygen atoms in total. The summed E-state index contributed by atoms with van der Waals surface area (Å²) in [5.41, 5.74) is 11.6. The number of fused-ring (bicyclic) bond motifs is 1. The van der Waals surface area contributed by atoms with Crippen LogP contribution >= 0.6 is 15.9 Å². The van der Waals surface area contributed by atoms with E-state index in [0.717, 1.165) is 40.1 Å². The Morgan fingerprint density at radius 3 is 2.79 bits per heavy atom. The highest BCUT2D eigenvalue weighted by Gasteiger charge is 2.19. The summed E-state index contributed by atoms with van der Waals surface area (Å²) < 4.78 is 2.94. The van der Waals surface area contributed by atoms with Crippen LogP contribution in [0.15, 0.2) is 10.5 Å². The molecule has 0 radical (unpaired) electrons. The highest BCUT2D eigenvalue weighted by Crippen LogP contribution is 2.27. The van der Waals surface area contributed by atoms with Crippen LogP contribution in [-0.2, 0) is 19.4 Å². The monoisotopic (exact) mass is 320 g/mol. The first kappa shape index (κ1) is 12.8. The zero-order valence-corrected chi connectivity index (χ0v) is 12.8. The second-order valence-electron chi connectivity index (χ2n) is 5.03. The Kier molecular flexibility index (Phi) is 3.19. The van der Waals surface area contributed by atoms with Crippen molar-refractivity contribution >= 4 is 15.9 Å². The van der Waals surface area contributed by atoms with Gasteiger partial charge in [0.25, 0.3) is 0 Å². The molecule has 0 aromatic carbocycles. The summed E-state index contributed by atoms with van der Waals surface area (Å²) in [7, 11) is 0. The normalized spacial score (nSPS) is 13.9. The van der Waals surface area contributed by atoms with Crippen LogP contribution in [0.25, 0.3) is 5.82 Å². The van der Waals surface area contributed by atoms with Gasteiger partial charge in [0.1, 0.15) is 0 Å². The van der Waals surface area contributed by atoms with E-state index in [1.54, 1.807) is 0 Å². The molecule has 19 heavy (non-hydrogen) atoms. The highest BCUT2D eigenvalue weighted by atomic mass is 79.9. The van der Waals surface area contributed by atoms with Gasteiger partial charge in [-0.1, -0.05) is 0 Å². The average molecular weight is 321 g/mol. The van der Waals surface area contributed by atoms with E-state index in [0.29, 0.717) is 6.54 Å². The summed E-state index contributed by atoms with van der Waals surface area (Å²) in [6, 6.07) is 2.20. The first-order chi connectivity index (χ1) is 9.11. The summed E-state index contributed by atoms with van der Waals surface area (Å²) in [6.07, 6.45) is 3.38. The van der Waals surface area contributed by atoms with Crippen molar-refractivity contribution in [1.29, 1.82) is 0 Å². The lowest BCUT2D eigenvalue weighted by atomic mass is 10.1. The van der Waals surface area contributed by atoms with Crippen LogP contribution in [0.4, 0.5) is 0 Å². The number of aryl methyl sites for hydroxylation is 3. The number of pyridine rings is 1. The number of rotatable bonds is 2. The Morgan fingerprint density at radius 2 is 2.16 bits per heavy atom. The van der Waals surface area contributed by atoms with Crippen molar-refractivity contribution in [3.05, 3.63) is 38.7 Å². The molecule has 0 bridgehead atoms. The zero-order chi connectivity index (χ0) is 13.6. The van der Waals surface area contributed by atoms with E-state index in [1.807, 2.05) is 18.5 Å². The van der Waals surface area contributed by atoms with Crippen LogP contribution < -0.4 is 5.73 Å². The van der Waals surface area contributed by atoms with Gasteiger partial charge >= 0.3 is 0 Å². The average Bonchev–Trinajstić information content (AvgIpc) is 2.97. The van der Waals surface area contributed by atoms with Crippen LogP contribution in [0, 0.1) is 13.8 Å². The minimum atomic E-state index is 0.492. The van der Waals surface area contributed by atoms with Crippen molar-refractivity contribution in [1.82, 2.24) is 14.8 Å². The van der Waals surface area contributed by atoms with E-state index in [4.69, 9.17) is 10.7 Å². The second kappa shape index (κ2) is 4.72. The van der Waals surface area contributed by atoms with Crippen molar-refractivity contribution in [2.75, 3.05) is 0 Å². The molecule has 0 amide bonds. The minimum absolute atomic E-state index is 0.492. The lowest BCUT2D eigenvalue weighted by Gasteiger charge is -2.11. The quantitative estimate of drug-likeness (QED) is 0.925. The van der Waals surface area contributed by atoms with Crippen molar-refractivity contribution in [3.8, 4) is 5.82 Å². The molecule has 0 spiro atoms. The second-order valence-corrected chi connectivity index (χ2v) is 5.82. The van der Waals surface area contributed by atoms with Crippen molar-refractivity contribution in [2.45, 2.75) is 39.7 Å². The van der Waals surface area contributed by atoms with Gasteiger partial charge in [0.2, 0.25) is 0 Å². The SMILES string of the molecule is Cc1nn(-c2nc3c(cc2CN)CCC3)c(C)c1Br. The summed E-state index contributed by atoms with van der Waals surface area (Å²) in [6.45, 7) is 4.52. The van der Waals surface area contributed by atoms with Gasteiger partial charge in [-0.25, -0.2) is 9.67 Å². The molecular weight excluding hydrogens is 304 g/mol. The minimum Gasteiger partial charge on any atom is -0.326 e. The molecular formula is C14H17BrN4. The van der Waals surface area contributed by atoms with Gasteiger partial charge in [-0.15, -0.1) is 0 Å². The molecule has 0 fully saturated rings. The fourth-order valence-corrected chi connectivity index (χ4v) is 2.92. The van der Waals surface area contributed by atoms with E-state index >= 15 is 0 Å². The third-order valence-electron chi connectivity index (χ3n) is 3.73. The first-order valence-electron chi connectivity index (χ1n) is 6.55. The first-order valence-corrected chi connectivity index (χ1v) is 7.35. The lowest BCUT2D eigenvalue weighted by molar-refractivity contribution is 0.779. The van der Waals surface area contributed by atoms with E-state index < -0.39 is 0 Å². The summed E-state index contributed by atoms with van der Waals surface area (Å²) in [5, 5.41) is 4.57. The molecule has 0 atom stereocenters. The summed E-state index contributed by atoms with van der Waals surface area (Å²) in [4.78, 5) is 4.81. The van der Waals surface area contributed by atoms with E-state index in [2.05, 4.69) is 27.1 Å². The molecule has 2 aromatic heterocycles. The fraction of sp³-hybridized carbons (Fsp3) is 0.429. The maximum Gasteiger partial charge on any atom is 0.158 e. The maximum absolute atomic E-state index is 5.88. The van der Waals surface area contributed by atoms with Gasteiger partial charge in [-0.3, -0.25) is 0 Å². The number of hydrogen-bond donors (Lipinski definition) is 1. The Morgan fingerprint density at radius 1 is 1.37 bits per heavy atom. The van der Waals surface area contributed by atoms with Crippen LogP contribution in [0.2, 0.25) is 0 Å². The topological polar surface area (TPSA) is 56.7 Å². The largest absolute Gasteiger partial charge is 0.326 e. The van der Waals surface area contributed by atoms with Gasteiger partial charge in [-0.2, -0.15) is 5.10 Å². The lowest BCUT2D eigenvalue weighted by Crippen LogP contribution is -2.11. The Balaban J connectivity index is 2.21. The molecule has 3 rings (SSSR count). The van der Waals surface area contributed by atoms with E-state index in [1.165, 1.54) is 17.7 Å². The summed E-state index contributed by atoms with van der Waals surface area (Å²) >= 11 is 3.56. The Bertz CT molecular complexity index is 645. The fourth-order valence-electron chi connectivity index (χ4n) is 2.67. The third kappa shape index (κ3) is 2.01. The maximum atomic E-state index is 5.88. The van der Waals surface area contributed by atoms with Crippen LogP contribution in [0.5, 0.6) is 0 Å². The van der Waals surface area contributed by atoms with E-state index in [9.17, 15) is 0 Å². The van der Waals surface area contributed by atoms with E-state index in [-0.39, 0.29) is 0 Å². The molecule has 0 saturated carbocycles. The predicted octanol–water partition coefficient (Wildman–Crippen LogP) is 2.59. The standard InChI is InChI=1S/C14H17BrN4/c1-8-13(15)9(2)19(18-8)14-11(7-16)6-10-4-3-5-12(10)17-14/h6H,3-5,7,16H2,1-2H3. The summed E-state index contributed by atoms with van der Waals surface area (Å²) in [5.74, 6) is 0.884. The van der Waals surface area contributed by atoms with Crippen LogP contribution in [0.1, 0.15) is 34.6 Å². The third-order valence-corrected chi connectivity index (χ3v) is 4.88. The molecule has 0 unspecified atom stereocenters. The number of halogens is 1. The van der Waals surface area contributed by atoms with Crippen LogP contribution in [-0.4, -0.2) is 14.8 Å². The molecule has 5 heteroatoms. The van der Waals surface area contributed by atoms with Crippen LogP contribution in [0.3, 0.4) is 0 Å². The molecule has 100 valence electrons. The molecule has 0 saturated heterocycles. The number of nitrogens with zero attached hydrogens (tertiary/aromatic N) is 3. The van der Waals surface area contributed by atoms with Crippen molar-refractivity contribution in [3.63, 3.8) is 0 Å². The van der Waals surface area contributed by atoms with Gasteiger partial charge in [-0.05, 0) is 60.7 Å². The Labute approximate surface area is 121 Å². The van der Waals surface area contributed by atoms with Gasteiger partial charge in [0.05, 0.1) is 15.9 Å². The molecule has 1 aliphatic carbocycles. The smallest absolute Gasteiger partial charge is 0.158 e. The molecule has 0 aliphatic heterocycles. The van der Waals surface area contributed by atoms with Gasteiger partial charge < -0.3 is 5.73 Å².